The average molecular weight is 450 g/mol. The van der Waals surface area contributed by atoms with Crippen LogP contribution in [0.1, 0.15) is 20.7 Å². The highest BCUT2D eigenvalue weighted by atomic mass is 79.9. The minimum absolute atomic E-state index is 0.0545. The number of esters is 1. The molecular formula is C16H11BrF3NO4S. The normalized spacial score (nSPS) is 11.0. The zero-order valence-electron chi connectivity index (χ0n) is 13.1. The summed E-state index contributed by atoms with van der Waals surface area (Å²) >= 11 is 4.04. The molecule has 0 bridgehead atoms. The first-order valence-corrected chi connectivity index (χ1v) is 8.50. The average Bonchev–Trinajstić information content (AvgIpc) is 2.58. The van der Waals surface area contributed by atoms with Gasteiger partial charge in [-0.15, -0.1) is 13.2 Å². The molecule has 1 N–H and O–H groups in total. The number of alkyl halides is 3. The van der Waals surface area contributed by atoms with E-state index in [4.69, 9.17) is 0 Å². The van der Waals surface area contributed by atoms with Crippen LogP contribution >= 0.6 is 27.9 Å². The van der Waals surface area contributed by atoms with Gasteiger partial charge in [-0.25, -0.2) is 4.79 Å². The molecule has 0 aliphatic rings. The van der Waals surface area contributed by atoms with Gasteiger partial charge in [0.1, 0.15) is 5.75 Å². The summed E-state index contributed by atoms with van der Waals surface area (Å²) in [5.74, 6) is -1.06. The van der Waals surface area contributed by atoms with Crippen molar-refractivity contribution >= 4 is 45.8 Å². The first-order valence-electron chi connectivity index (χ1n) is 6.90. The van der Waals surface area contributed by atoms with Crippen LogP contribution in [0.5, 0.6) is 5.75 Å². The van der Waals surface area contributed by atoms with Gasteiger partial charge in [-0.2, -0.15) is 0 Å². The van der Waals surface area contributed by atoms with E-state index in [0.717, 1.165) is 11.9 Å². The number of hydrogen-bond donors (Lipinski definition) is 1. The summed E-state index contributed by atoms with van der Waals surface area (Å²) in [5.41, 5.74) is 0.506. The van der Waals surface area contributed by atoms with E-state index in [0.29, 0.717) is 16.4 Å². The van der Waals surface area contributed by atoms with Gasteiger partial charge in [0, 0.05) is 15.7 Å². The smallest absolute Gasteiger partial charge is 0.465 e. The lowest BCUT2D eigenvalue weighted by atomic mass is 10.1. The van der Waals surface area contributed by atoms with E-state index in [2.05, 4.69) is 30.1 Å². The SMILES string of the molecule is COC(=O)c1c(Br)cc(NSc2ccccc2OC(F)(F)F)cc1C=O. The number of aldehydes is 1. The molecule has 0 spiro atoms. The van der Waals surface area contributed by atoms with E-state index < -0.39 is 12.3 Å². The van der Waals surface area contributed by atoms with Gasteiger partial charge in [-0.3, -0.25) is 4.79 Å². The van der Waals surface area contributed by atoms with Crippen molar-refractivity contribution in [1.82, 2.24) is 0 Å². The summed E-state index contributed by atoms with van der Waals surface area (Å²) in [6, 6.07) is 8.48. The molecule has 2 aromatic rings. The van der Waals surface area contributed by atoms with Gasteiger partial charge in [0.25, 0.3) is 0 Å². The lowest BCUT2D eigenvalue weighted by molar-refractivity contribution is -0.275. The van der Waals surface area contributed by atoms with Crippen molar-refractivity contribution < 1.29 is 32.2 Å². The molecule has 26 heavy (non-hydrogen) atoms. The Balaban J connectivity index is 2.25. The highest BCUT2D eigenvalue weighted by molar-refractivity contribution is 9.10. The Morgan fingerprint density at radius 3 is 2.58 bits per heavy atom. The molecule has 0 unspecified atom stereocenters. The number of carbonyl (C=O) groups excluding carboxylic acids is 2. The van der Waals surface area contributed by atoms with Crippen molar-refractivity contribution in [2.75, 3.05) is 11.8 Å². The van der Waals surface area contributed by atoms with Gasteiger partial charge in [0.15, 0.2) is 6.29 Å². The molecule has 0 fully saturated rings. The molecule has 0 aliphatic heterocycles. The number of ether oxygens (including phenoxy) is 2. The maximum atomic E-state index is 12.4. The molecule has 0 saturated heterocycles. The summed E-state index contributed by atoms with van der Waals surface area (Å²) in [7, 11) is 1.18. The number of nitrogens with one attached hydrogen (secondary N) is 1. The number of benzene rings is 2. The van der Waals surface area contributed by atoms with E-state index in [-0.39, 0.29) is 21.8 Å². The Morgan fingerprint density at radius 1 is 1.27 bits per heavy atom. The minimum atomic E-state index is -4.81. The molecule has 0 amide bonds. The molecule has 2 aromatic carbocycles. The quantitative estimate of drug-likeness (QED) is 0.377. The summed E-state index contributed by atoms with van der Waals surface area (Å²) in [6.45, 7) is 0. The number of hydrogen-bond acceptors (Lipinski definition) is 6. The topological polar surface area (TPSA) is 64.6 Å². The predicted molar refractivity (Wildman–Crippen MR) is 93.5 cm³/mol. The fraction of sp³-hybridized carbons (Fsp3) is 0.125. The molecular weight excluding hydrogens is 439 g/mol. The van der Waals surface area contributed by atoms with Crippen LogP contribution in [0.4, 0.5) is 18.9 Å². The molecule has 5 nitrogen and oxygen atoms in total. The Bertz CT molecular complexity index is 830. The fourth-order valence-corrected chi connectivity index (χ4v) is 3.29. The summed E-state index contributed by atoms with van der Waals surface area (Å²) in [5, 5.41) is 0. The van der Waals surface area contributed by atoms with E-state index in [9.17, 15) is 22.8 Å². The molecule has 10 heteroatoms. The maximum Gasteiger partial charge on any atom is 0.573 e. The maximum absolute atomic E-state index is 12.4. The van der Waals surface area contributed by atoms with Crippen LogP contribution < -0.4 is 9.46 Å². The number of carbonyl (C=O) groups is 2. The minimum Gasteiger partial charge on any atom is -0.465 e. The second-order valence-electron chi connectivity index (χ2n) is 4.73. The molecule has 0 heterocycles. The highest BCUT2D eigenvalue weighted by Crippen LogP contribution is 2.35. The monoisotopic (exact) mass is 449 g/mol. The number of methoxy groups -OCH3 is 1. The molecule has 0 radical (unpaired) electrons. The molecule has 0 aliphatic carbocycles. The number of rotatable bonds is 6. The van der Waals surface area contributed by atoms with Gasteiger partial charge in [-0.05, 0) is 52.1 Å². The van der Waals surface area contributed by atoms with E-state index >= 15 is 0 Å². The van der Waals surface area contributed by atoms with Crippen LogP contribution in [0, 0.1) is 0 Å². The van der Waals surface area contributed by atoms with Crippen LogP contribution in [0.25, 0.3) is 0 Å². The lowest BCUT2D eigenvalue weighted by Gasteiger charge is -2.14. The van der Waals surface area contributed by atoms with Crippen LogP contribution in [0.15, 0.2) is 45.8 Å². The Morgan fingerprint density at radius 2 is 1.96 bits per heavy atom. The van der Waals surface area contributed by atoms with Crippen molar-refractivity contribution in [1.29, 1.82) is 0 Å². The number of para-hydroxylation sites is 1. The van der Waals surface area contributed by atoms with E-state index in [1.165, 1.54) is 37.4 Å². The molecule has 2 rings (SSSR count). The van der Waals surface area contributed by atoms with Crippen LogP contribution in [-0.4, -0.2) is 25.7 Å². The van der Waals surface area contributed by atoms with Crippen molar-refractivity contribution in [2.45, 2.75) is 11.3 Å². The first kappa shape index (κ1) is 20.1. The van der Waals surface area contributed by atoms with E-state index in [1.54, 1.807) is 6.07 Å². The van der Waals surface area contributed by atoms with Gasteiger partial charge in [0.2, 0.25) is 0 Å². The molecule has 0 atom stereocenters. The number of halogens is 4. The second-order valence-corrected chi connectivity index (χ2v) is 6.43. The molecule has 0 aromatic heterocycles. The molecule has 0 saturated carbocycles. The summed E-state index contributed by atoms with van der Waals surface area (Å²) in [6.07, 6.45) is -4.33. The largest absolute Gasteiger partial charge is 0.573 e. The van der Waals surface area contributed by atoms with Gasteiger partial charge < -0.3 is 14.2 Å². The van der Waals surface area contributed by atoms with Gasteiger partial charge >= 0.3 is 12.3 Å². The zero-order valence-corrected chi connectivity index (χ0v) is 15.5. The second kappa shape index (κ2) is 8.45. The third kappa shape index (κ3) is 5.15. The fourth-order valence-electron chi connectivity index (χ4n) is 1.95. The van der Waals surface area contributed by atoms with Crippen molar-refractivity contribution in [3.8, 4) is 5.75 Å². The lowest BCUT2D eigenvalue weighted by Crippen LogP contribution is -2.17. The Kier molecular flexibility index (Phi) is 6.54. The standard InChI is InChI=1S/C16H11BrF3NO4S/c1-24-15(23)14-9(8-22)6-10(7-11(14)17)21-26-13-5-3-2-4-12(13)25-16(18,19)20/h2-8,21H,1H3. The van der Waals surface area contributed by atoms with Gasteiger partial charge in [-0.1, -0.05) is 12.1 Å². The van der Waals surface area contributed by atoms with Crippen LogP contribution in [-0.2, 0) is 4.74 Å². The van der Waals surface area contributed by atoms with Crippen molar-refractivity contribution in [3.05, 3.63) is 52.0 Å². The third-order valence-electron chi connectivity index (χ3n) is 2.99. The zero-order chi connectivity index (χ0) is 19.3. The third-order valence-corrected chi connectivity index (χ3v) is 4.51. The Hall–Kier alpha value is -2.20. The van der Waals surface area contributed by atoms with Crippen molar-refractivity contribution in [3.63, 3.8) is 0 Å². The summed E-state index contributed by atoms with van der Waals surface area (Å²) in [4.78, 5) is 23.1. The first-order chi connectivity index (χ1) is 12.2. The highest BCUT2D eigenvalue weighted by Gasteiger charge is 2.32. The Labute approximate surface area is 159 Å². The predicted octanol–water partition coefficient (Wildman–Crippen LogP) is 5.07. The van der Waals surface area contributed by atoms with Gasteiger partial charge in [0.05, 0.1) is 17.6 Å². The van der Waals surface area contributed by atoms with Crippen molar-refractivity contribution in [2.24, 2.45) is 0 Å². The van der Waals surface area contributed by atoms with E-state index in [1.807, 2.05) is 0 Å². The molecule has 138 valence electrons. The number of anilines is 1. The van der Waals surface area contributed by atoms with Crippen LogP contribution in [0.3, 0.4) is 0 Å². The summed E-state index contributed by atoms with van der Waals surface area (Å²) < 4.78 is 49.0. The van der Waals surface area contributed by atoms with Crippen LogP contribution in [0.2, 0.25) is 0 Å².